The first-order valence-electron chi connectivity index (χ1n) is 9.96. The van der Waals surface area contributed by atoms with Gasteiger partial charge < -0.3 is 9.80 Å². The number of aromatic nitrogens is 3. The molecule has 4 heterocycles. The molecule has 2 fully saturated rings. The Balaban J connectivity index is 1.42. The van der Waals surface area contributed by atoms with Crippen LogP contribution in [0.5, 0.6) is 0 Å². The summed E-state index contributed by atoms with van der Waals surface area (Å²) in [5, 5.41) is 0. The van der Waals surface area contributed by atoms with Crippen LogP contribution in [-0.4, -0.2) is 76.0 Å². The molecule has 27 heavy (non-hydrogen) atoms. The summed E-state index contributed by atoms with van der Waals surface area (Å²) in [5.41, 5.74) is 2.49. The third kappa shape index (κ3) is 3.88. The number of piperazine rings is 1. The lowest BCUT2D eigenvalue weighted by atomic mass is 9.95. The Morgan fingerprint density at radius 2 is 1.85 bits per heavy atom. The zero-order valence-electron chi connectivity index (χ0n) is 16.2. The summed E-state index contributed by atoms with van der Waals surface area (Å²) in [4.78, 5) is 32.9. The Morgan fingerprint density at radius 3 is 2.63 bits per heavy atom. The number of anilines is 1. The molecule has 4 rings (SSSR count). The van der Waals surface area contributed by atoms with Gasteiger partial charge in [-0.25, -0.2) is 9.97 Å². The molecule has 0 unspecified atom stereocenters. The van der Waals surface area contributed by atoms with E-state index in [9.17, 15) is 4.79 Å². The van der Waals surface area contributed by atoms with Crippen LogP contribution in [0.3, 0.4) is 0 Å². The molecule has 0 radical (unpaired) electrons. The average molecular weight is 368 g/mol. The van der Waals surface area contributed by atoms with Gasteiger partial charge in [0.25, 0.3) is 0 Å². The van der Waals surface area contributed by atoms with Crippen molar-refractivity contribution in [2.45, 2.75) is 32.7 Å². The van der Waals surface area contributed by atoms with Crippen LogP contribution in [-0.2, 0) is 4.79 Å². The Labute approximate surface area is 160 Å². The van der Waals surface area contributed by atoms with Gasteiger partial charge in [-0.15, -0.1) is 0 Å². The minimum Gasteiger partial charge on any atom is -0.369 e. The molecule has 2 saturated heterocycles. The summed E-state index contributed by atoms with van der Waals surface area (Å²) in [7, 11) is 0. The lowest BCUT2D eigenvalue weighted by Gasteiger charge is -2.40. The van der Waals surface area contributed by atoms with Crippen LogP contribution in [0.1, 0.15) is 26.7 Å². The maximum atomic E-state index is 13.1. The van der Waals surface area contributed by atoms with Gasteiger partial charge in [0.2, 0.25) is 5.91 Å². The molecule has 0 saturated carbocycles. The molecule has 1 atom stereocenters. The zero-order chi connectivity index (χ0) is 18.8. The van der Waals surface area contributed by atoms with E-state index in [0.29, 0.717) is 17.6 Å². The van der Waals surface area contributed by atoms with Gasteiger partial charge in [-0.2, -0.15) is 0 Å². The molecule has 2 aromatic rings. The highest BCUT2D eigenvalue weighted by molar-refractivity contribution is 5.80. The third-order valence-electron chi connectivity index (χ3n) is 5.80. The van der Waals surface area contributed by atoms with Gasteiger partial charge >= 0.3 is 0 Å². The molecule has 1 amide bonds. The first-order valence-corrected chi connectivity index (χ1v) is 9.96. The molecule has 2 aromatic heterocycles. The van der Waals surface area contributed by atoms with Crippen LogP contribution in [0.4, 0.5) is 5.69 Å². The van der Waals surface area contributed by atoms with Crippen LogP contribution in [0.15, 0.2) is 24.7 Å². The number of hydrogen-bond acceptors (Lipinski definition) is 6. The van der Waals surface area contributed by atoms with E-state index >= 15 is 0 Å². The van der Waals surface area contributed by atoms with Crippen molar-refractivity contribution in [2.75, 3.05) is 44.2 Å². The zero-order valence-corrected chi connectivity index (χ0v) is 16.2. The van der Waals surface area contributed by atoms with Crippen LogP contribution in [0.25, 0.3) is 11.2 Å². The molecule has 2 aliphatic heterocycles. The van der Waals surface area contributed by atoms with Gasteiger partial charge in [0.05, 0.1) is 17.8 Å². The summed E-state index contributed by atoms with van der Waals surface area (Å²) in [5.74, 6) is 0.388. The molecule has 0 aromatic carbocycles. The van der Waals surface area contributed by atoms with Crippen LogP contribution in [0.2, 0.25) is 0 Å². The summed E-state index contributed by atoms with van der Waals surface area (Å²) in [6.07, 6.45) is 7.20. The highest BCUT2D eigenvalue weighted by Crippen LogP contribution is 2.26. The minimum absolute atomic E-state index is 0.0712. The van der Waals surface area contributed by atoms with E-state index in [1.807, 2.05) is 12.3 Å². The number of carbonyl (C=O) groups is 1. The fraction of sp³-hybridized carbons (Fsp3) is 0.600. The minimum atomic E-state index is 0.0712. The summed E-state index contributed by atoms with van der Waals surface area (Å²) in [6, 6.07) is 2.58. The molecule has 144 valence electrons. The molecular weight excluding hydrogens is 340 g/mol. The number of hydrogen-bond donors (Lipinski definition) is 0. The molecule has 0 aliphatic carbocycles. The van der Waals surface area contributed by atoms with E-state index in [2.05, 4.69) is 43.5 Å². The van der Waals surface area contributed by atoms with Crippen molar-refractivity contribution in [1.82, 2.24) is 24.8 Å². The van der Waals surface area contributed by atoms with Crippen molar-refractivity contribution in [3.05, 3.63) is 24.7 Å². The van der Waals surface area contributed by atoms with E-state index < -0.39 is 0 Å². The van der Waals surface area contributed by atoms with E-state index in [-0.39, 0.29) is 5.92 Å². The highest BCUT2D eigenvalue weighted by atomic mass is 16.2. The van der Waals surface area contributed by atoms with E-state index in [4.69, 9.17) is 0 Å². The predicted molar refractivity (Wildman–Crippen MR) is 106 cm³/mol. The number of pyridine rings is 1. The Bertz CT molecular complexity index is 802. The van der Waals surface area contributed by atoms with Crippen molar-refractivity contribution < 1.29 is 4.79 Å². The predicted octanol–water partition coefficient (Wildman–Crippen LogP) is 1.79. The van der Waals surface area contributed by atoms with Gasteiger partial charge in [0.1, 0.15) is 5.52 Å². The molecule has 2 aliphatic rings. The number of rotatable bonds is 3. The van der Waals surface area contributed by atoms with Crippen molar-refractivity contribution in [3.8, 4) is 0 Å². The number of piperidine rings is 1. The molecule has 7 nitrogen and oxygen atoms in total. The van der Waals surface area contributed by atoms with E-state index in [0.717, 1.165) is 63.3 Å². The van der Waals surface area contributed by atoms with Gasteiger partial charge in [-0.3, -0.25) is 14.7 Å². The topological polar surface area (TPSA) is 65.5 Å². The second-order valence-electron chi connectivity index (χ2n) is 7.83. The Hall–Kier alpha value is -2.28. The van der Waals surface area contributed by atoms with Crippen LogP contribution in [0, 0.1) is 5.92 Å². The molecule has 7 heteroatoms. The summed E-state index contributed by atoms with van der Waals surface area (Å²) < 4.78 is 0. The highest BCUT2D eigenvalue weighted by Gasteiger charge is 2.31. The first-order chi connectivity index (χ1) is 13.1. The summed E-state index contributed by atoms with van der Waals surface area (Å²) >= 11 is 0. The largest absolute Gasteiger partial charge is 0.369 e. The maximum Gasteiger partial charge on any atom is 0.227 e. The van der Waals surface area contributed by atoms with Crippen LogP contribution < -0.4 is 4.90 Å². The standard InChI is InChI=1S/C20H28N6O/c1-15(2)24-8-10-25(11-9-24)20(27)16-4-3-7-26(14-16)17-12-18-19(23-13-17)22-6-5-21-18/h5-6,12-13,15-16H,3-4,7-11,14H2,1-2H3/t16-/m1/s1. The lowest BCUT2D eigenvalue weighted by Crippen LogP contribution is -2.53. The van der Waals surface area contributed by atoms with Gasteiger partial charge in [0, 0.05) is 57.7 Å². The number of carbonyl (C=O) groups excluding carboxylic acids is 1. The third-order valence-corrected chi connectivity index (χ3v) is 5.80. The second kappa shape index (κ2) is 7.76. The van der Waals surface area contributed by atoms with Crippen molar-refractivity contribution in [3.63, 3.8) is 0 Å². The maximum absolute atomic E-state index is 13.1. The molecule has 0 N–H and O–H groups in total. The SMILES string of the molecule is CC(C)N1CCN(C(=O)[C@@H]2CCCN(c3cnc4nccnc4c3)C2)CC1. The molecular formula is C20H28N6O. The summed E-state index contributed by atoms with van der Waals surface area (Å²) in [6.45, 7) is 9.81. The number of nitrogens with zero attached hydrogens (tertiary/aromatic N) is 6. The quantitative estimate of drug-likeness (QED) is 0.823. The van der Waals surface area contributed by atoms with Crippen molar-refractivity contribution in [1.29, 1.82) is 0 Å². The Morgan fingerprint density at radius 1 is 1.07 bits per heavy atom. The van der Waals surface area contributed by atoms with E-state index in [1.165, 1.54) is 0 Å². The van der Waals surface area contributed by atoms with Crippen molar-refractivity contribution >= 4 is 22.8 Å². The van der Waals surface area contributed by atoms with Gasteiger partial charge in [0.15, 0.2) is 5.65 Å². The normalized spacial score (nSPS) is 21.8. The molecule has 0 bridgehead atoms. The second-order valence-corrected chi connectivity index (χ2v) is 7.83. The fourth-order valence-corrected chi connectivity index (χ4v) is 4.15. The smallest absolute Gasteiger partial charge is 0.227 e. The lowest BCUT2D eigenvalue weighted by molar-refractivity contribution is -0.137. The first kappa shape index (κ1) is 18.1. The van der Waals surface area contributed by atoms with Gasteiger partial charge in [-0.1, -0.05) is 0 Å². The number of fused-ring (bicyclic) bond motifs is 1. The van der Waals surface area contributed by atoms with E-state index in [1.54, 1.807) is 12.4 Å². The van der Waals surface area contributed by atoms with Crippen molar-refractivity contribution in [2.24, 2.45) is 5.92 Å². The number of amides is 1. The fourth-order valence-electron chi connectivity index (χ4n) is 4.15. The average Bonchev–Trinajstić information content (AvgIpc) is 2.73. The van der Waals surface area contributed by atoms with Crippen LogP contribution >= 0.6 is 0 Å². The monoisotopic (exact) mass is 368 g/mol. The molecule has 0 spiro atoms. The Kier molecular flexibility index (Phi) is 5.20. The van der Waals surface area contributed by atoms with Gasteiger partial charge in [-0.05, 0) is 32.8 Å².